The third kappa shape index (κ3) is 2.78. The average Bonchev–Trinajstić information content (AvgIpc) is 2.28. The zero-order chi connectivity index (χ0) is 12.4. The van der Waals surface area contributed by atoms with Crippen molar-refractivity contribution < 1.29 is 9.50 Å². The second-order valence-corrected chi connectivity index (χ2v) is 5.12. The van der Waals surface area contributed by atoms with Crippen LogP contribution in [0.2, 0.25) is 0 Å². The number of likely N-dealkylation sites (tertiary alicyclic amines) is 1. The van der Waals surface area contributed by atoms with Crippen LogP contribution in [0.3, 0.4) is 0 Å². The molecule has 3 heteroatoms. The van der Waals surface area contributed by atoms with Crippen LogP contribution in [0.15, 0.2) is 18.2 Å². The summed E-state index contributed by atoms with van der Waals surface area (Å²) >= 11 is 0. The Morgan fingerprint density at radius 3 is 2.88 bits per heavy atom. The van der Waals surface area contributed by atoms with Crippen molar-refractivity contribution in [3.8, 4) is 5.75 Å². The van der Waals surface area contributed by atoms with Crippen LogP contribution in [0.1, 0.15) is 38.3 Å². The smallest absolute Gasteiger partial charge is 0.131 e. The zero-order valence-corrected chi connectivity index (χ0v) is 10.5. The molecule has 0 aromatic heterocycles. The third-order valence-electron chi connectivity index (χ3n) is 3.67. The molecule has 0 aliphatic carbocycles. The molecule has 1 heterocycles. The number of benzene rings is 1. The van der Waals surface area contributed by atoms with Crippen LogP contribution in [-0.2, 0) is 0 Å². The van der Waals surface area contributed by atoms with E-state index in [1.807, 2.05) is 6.92 Å². The second kappa shape index (κ2) is 5.05. The topological polar surface area (TPSA) is 23.5 Å². The molecular weight excluding hydrogens is 217 g/mol. The van der Waals surface area contributed by atoms with E-state index in [2.05, 4.69) is 11.8 Å². The van der Waals surface area contributed by atoms with Crippen molar-refractivity contribution in [3.63, 3.8) is 0 Å². The highest BCUT2D eigenvalue weighted by molar-refractivity contribution is 5.29. The van der Waals surface area contributed by atoms with E-state index in [0.717, 1.165) is 13.1 Å². The normalized spacial score (nSPS) is 23.6. The molecule has 0 radical (unpaired) electrons. The zero-order valence-electron chi connectivity index (χ0n) is 10.5. The maximum Gasteiger partial charge on any atom is 0.131 e. The molecule has 1 saturated heterocycles. The highest BCUT2D eigenvalue weighted by Gasteiger charge is 2.23. The maximum atomic E-state index is 13.8. The van der Waals surface area contributed by atoms with Crippen LogP contribution in [0.25, 0.3) is 0 Å². The van der Waals surface area contributed by atoms with E-state index in [-0.39, 0.29) is 17.6 Å². The average molecular weight is 237 g/mol. The summed E-state index contributed by atoms with van der Waals surface area (Å²) in [6.45, 7) is 6.34. The van der Waals surface area contributed by atoms with Crippen LogP contribution in [-0.4, -0.2) is 23.1 Å². The van der Waals surface area contributed by atoms with Crippen LogP contribution >= 0.6 is 0 Å². The fourth-order valence-electron chi connectivity index (χ4n) is 2.63. The second-order valence-electron chi connectivity index (χ2n) is 5.12. The van der Waals surface area contributed by atoms with Crippen molar-refractivity contribution in [1.82, 2.24) is 4.90 Å². The number of phenols is 1. The predicted octanol–water partition coefficient (Wildman–Crippen LogP) is 3.32. The lowest BCUT2D eigenvalue weighted by atomic mass is 9.96. The summed E-state index contributed by atoms with van der Waals surface area (Å²) in [7, 11) is 0. The molecule has 2 rings (SSSR count). The molecule has 2 nitrogen and oxygen atoms in total. The molecule has 2 atom stereocenters. The van der Waals surface area contributed by atoms with Gasteiger partial charge in [-0.15, -0.1) is 0 Å². The predicted molar refractivity (Wildman–Crippen MR) is 66.5 cm³/mol. The molecule has 1 aliphatic rings. The molecule has 1 aromatic carbocycles. The quantitative estimate of drug-likeness (QED) is 0.853. The van der Waals surface area contributed by atoms with Gasteiger partial charge in [0.15, 0.2) is 0 Å². The Kier molecular flexibility index (Phi) is 3.67. The Hall–Kier alpha value is -1.09. The summed E-state index contributed by atoms with van der Waals surface area (Å²) in [5.41, 5.74) is 0.678. The first-order chi connectivity index (χ1) is 8.08. The number of hydrogen-bond donors (Lipinski definition) is 1. The van der Waals surface area contributed by atoms with Crippen molar-refractivity contribution in [2.45, 2.75) is 32.7 Å². The lowest BCUT2D eigenvalue weighted by molar-refractivity contribution is 0.136. The van der Waals surface area contributed by atoms with Gasteiger partial charge in [0.1, 0.15) is 11.6 Å². The SMILES string of the molecule is CC1CCCN(C(C)c2ccc(O)cc2F)C1. The van der Waals surface area contributed by atoms with E-state index in [1.165, 1.54) is 18.9 Å². The first kappa shape index (κ1) is 12.4. The maximum absolute atomic E-state index is 13.8. The molecule has 1 aliphatic heterocycles. The molecule has 2 unspecified atom stereocenters. The van der Waals surface area contributed by atoms with Gasteiger partial charge in [0.25, 0.3) is 0 Å². The lowest BCUT2D eigenvalue weighted by Gasteiger charge is -2.35. The van der Waals surface area contributed by atoms with Gasteiger partial charge < -0.3 is 5.11 Å². The molecule has 1 aromatic rings. The van der Waals surface area contributed by atoms with Gasteiger partial charge in [-0.05, 0) is 38.3 Å². The van der Waals surface area contributed by atoms with Crippen LogP contribution in [0.5, 0.6) is 5.75 Å². The van der Waals surface area contributed by atoms with Crippen LogP contribution in [0, 0.1) is 11.7 Å². The number of phenolic OH excluding ortho intramolecular Hbond substituents is 1. The fraction of sp³-hybridized carbons (Fsp3) is 0.571. The molecule has 17 heavy (non-hydrogen) atoms. The van der Waals surface area contributed by atoms with Crippen molar-refractivity contribution >= 4 is 0 Å². The lowest BCUT2D eigenvalue weighted by Crippen LogP contribution is -2.36. The summed E-state index contributed by atoms with van der Waals surface area (Å²) in [5.74, 6) is 0.368. The standard InChI is InChI=1S/C14H20FNO/c1-10-4-3-7-16(9-10)11(2)13-6-5-12(17)8-14(13)15/h5-6,8,10-11,17H,3-4,7,9H2,1-2H3. The minimum Gasteiger partial charge on any atom is -0.508 e. The van der Waals surface area contributed by atoms with Gasteiger partial charge in [-0.1, -0.05) is 13.0 Å². The van der Waals surface area contributed by atoms with Gasteiger partial charge in [-0.25, -0.2) is 4.39 Å². The molecule has 0 bridgehead atoms. The summed E-state index contributed by atoms with van der Waals surface area (Å²) in [6.07, 6.45) is 2.45. The van der Waals surface area contributed by atoms with Gasteiger partial charge in [0, 0.05) is 24.2 Å². The van der Waals surface area contributed by atoms with Gasteiger partial charge in [-0.3, -0.25) is 4.90 Å². The van der Waals surface area contributed by atoms with Crippen molar-refractivity contribution in [2.75, 3.05) is 13.1 Å². The van der Waals surface area contributed by atoms with Crippen molar-refractivity contribution in [3.05, 3.63) is 29.6 Å². The molecule has 1 fully saturated rings. The van der Waals surface area contributed by atoms with E-state index in [1.54, 1.807) is 12.1 Å². The summed E-state index contributed by atoms with van der Waals surface area (Å²) in [5, 5.41) is 9.22. The highest BCUT2D eigenvalue weighted by atomic mass is 19.1. The summed E-state index contributed by atoms with van der Waals surface area (Å²) in [6, 6.07) is 4.52. The summed E-state index contributed by atoms with van der Waals surface area (Å²) in [4.78, 5) is 2.32. The molecule has 0 amide bonds. The number of rotatable bonds is 2. The number of aromatic hydroxyl groups is 1. The number of nitrogens with zero attached hydrogens (tertiary/aromatic N) is 1. The number of piperidine rings is 1. The Morgan fingerprint density at radius 2 is 2.24 bits per heavy atom. The van der Waals surface area contributed by atoms with E-state index in [0.29, 0.717) is 11.5 Å². The largest absolute Gasteiger partial charge is 0.508 e. The number of halogens is 1. The van der Waals surface area contributed by atoms with Crippen molar-refractivity contribution in [2.24, 2.45) is 5.92 Å². The number of hydrogen-bond acceptors (Lipinski definition) is 2. The monoisotopic (exact) mass is 237 g/mol. The Bertz CT molecular complexity index is 394. The molecule has 0 saturated carbocycles. The highest BCUT2D eigenvalue weighted by Crippen LogP contribution is 2.29. The molecule has 94 valence electrons. The molecule has 1 N–H and O–H groups in total. The Morgan fingerprint density at radius 1 is 1.47 bits per heavy atom. The van der Waals surface area contributed by atoms with Gasteiger partial charge in [-0.2, -0.15) is 0 Å². The van der Waals surface area contributed by atoms with E-state index in [9.17, 15) is 9.50 Å². The van der Waals surface area contributed by atoms with Crippen LogP contribution < -0.4 is 0 Å². The fourth-order valence-corrected chi connectivity index (χ4v) is 2.63. The Labute approximate surface area is 102 Å². The minimum atomic E-state index is -0.310. The minimum absolute atomic E-state index is 0.00883. The van der Waals surface area contributed by atoms with Crippen LogP contribution in [0.4, 0.5) is 4.39 Å². The molecule has 0 spiro atoms. The van der Waals surface area contributed by atoms with E-state index in [4.69, 9.17) is 0 Å². The van der Waals surface area contributed by atoms with Gasteiger partial charge in [0.05, 0.1) is 0 Å². The van der Waals surface area contributed by atoms with E-state index < -0.39 is 0 Å². The molecular formula is C14H20FNO. The first-order valence-corrected chi connectivity index (χ1v) is 6.30. The van der Waals surface area contributed by atoms with E-state index >= 15 is 0 Å². The van der Waals surface area contributed by atoms with Gasteiger partial charge in [0.2, 0.25) is 0 Å². The van der Waals surface area contributed by atoms with Crippen molar-refractivity contribution in [1.29, 1.82) is 0 Å². The van der Waals surface area contributed by atoms with Gasteiger partial charge >= 0.3 is 0 Å². The summed E-state index contributed by atoms with van der Waals surface area (Å²) < 4.78 is 13.8. The third-order valence-corrected chi connectivity index (χ3v) is 3.67. The Balaban J connectivity index is 2.15. The first-order valence-electron chi connectivity index (χ1n) is 6.30.